The molecule has 116 valence electrons. The maximum absolute atomic E-state index is 12.7. The Morgan fingerprint density at radius 3 is 2.83 bits per heavy atom. The number of carbonyl (C=O) groups is 1. The Morgan fingerprint density at radius 1 is 1.21 bits per heavy atom. The zero-order chi connectivity index (χ0) is 16.7. The van der Waals surface area contributed by atoms with Crippen molar-refractivity contribution in [3.05, 3.63) is 70.2 Å². The Bertz CT molecular complexity index is 1050. The Kier molecular flexibility index (Phi) is 3.83. The Labute approximate surface area is 151 Å². The summed E-state index contributed by atoms with van der Waals surface area (Å²) in [5.41, 5.74) is 3.96. The molecule has 0 saturated heterocycles. The molecular formula is C18H12AsN3OS. The van der Waals surface area contributed by atoms with Crippen LogP contribution in [0.2, 0.25) is 0 Å². The number of aryl methyl sites for hydroxylation is 1. The van der Waals surface area contributed by atoms with E-state index in [4.69, 9.17) is 0 Å². The number of carbonyl (C=O) groups excluding carboxylic acids is 1. The van der Waals surface area contributed by atoms with Gasteiger partial charge in [-0.15, -0.1) is 0 Å². The van der Waals surface area contributed by atoms with Crippen LogP contribution in [0.25, 0.3) is 16.9 Å². The second-order valence-corrected chi connectivity index (χ2v) is 7.46. The van der Waals surface area contributed by atoms with E-state index in [9.17, 15) is 4.79 Å². The van der Waals surface area contributed by atoms with E-state index in [0.29, 0.717) is 16.1 Å². The van der Waals surface area contributed by atoms with Gasteiger partial charge in [0.2, 0.25) is 0 Å². The van der Waals surface area contributed by atoms with Crippen molar-refractivity contribution in [1.29, 1.82) is 0 Å². The van der Waals surface area contributed by atoms with Gasteiger partial charge in [0.25, 0.3) is 0 Å². The van der Waals surface area contributed by atoms with E-state index >= 15 is 0 Å². The second-order valence-electron chi connectivity index (χ2n) is 5.43. The van der Waals surface area contributed by atoms with E-state index in [0.717, 1.165) is 21.3 Å². The van der Waals surface area contributed by atoms with Crippen molar-refractivity contribution in [2.75, 3.05) is 0 Å². The molecule has 0 unspecified atom stereocenters. The van der Waals surface area contributed by atoms with Crippen LogP contribution in [-0.4, -0.2) is 37.2 Å². The fourth-order valence-corrected chi connectivity index (χ4v) is 3.81. The zero-order valence-electron chi connectivity index (χ0n) is 12.8. The first-order valence-electron chi connectivity index (χ1n) is 7.36. The van der Waals surface area contributed by atoms with Crippen molar-refractivity contribution in [2.24, 2.45) is 0 Å². The van der Waals surface area contributed by atoms with Gasteiger partial charge in [-0.2, -0.15) is 0 Å². The van der Waals surface area contributed by atoms with Crippen LogP contribution < -0.4 is 4.35 Å². The molecule has 0 fully saturated rings. The molecule has 24 heavy (non-hydrogen) atoms. The van der Waals surface area contributed by atoms with E-state index in [1.165, 1.54) is 11.3 Å². The molecule has 3 heterocycles. The molecule has 0 amide bonds. The summed E-state index contributed by atoms with van der Waals surface area (Å²) >= 11 is 3.97. The summed E-state index contributed by atoms with van der Waals surface area (Å²) in [5, 5.41) is 6.33. The summed E-state index contributed by atoms with van der Waals surface area (Å²) in [6, 6.07) is 13.8. The molecule has 6 heteroatoms. The number of aromatic nitrogens is 3. The molecule has 4 rings (SSSR count). The van der Waals surface area contributed by atoms with E-state index in [1.54, 1.807) is 10.7 Å². The monoisotopic (exact) mass is 393 g/mol. The number of hydrogen-bond acceptors (Lipinski definition) is 4. The Morgan fingerprint density at radius 2 is 2.08 bits per heavy atom. The number of fused-ring (bicyclic) bond motifs is 1. The van der Waals surface area contributed by atoms with Crippen molar-refractivity contribution in [2.45, 2.75) is 6.92 Å². The first-order valence-corrected chi connectivity index (χ1v) is 9.18. The molecule has 2 radical (unpaired) electrons. The number of hydrogen-bond donors (Lipinski definition) is 0. The Balaban J connectivity index is 1.94. The molecule has 3 aromatic heterocycles. The third-order valence-electron chi connectivity index (χ3n) is 3.73. The first kappa shape index (κ1) is 15.3. The minimum absolute atomic E-state index is 0.0371. The van der Waals surface area contributed by atoms with Crippen LogP contribution in [0.15, 0.2) is 54.0 Å². The average molecular weight is 393 g/mol. The number of rotatable bonds is 3. The van der Waals surface area contributed by atoms with Crippen LogP contribution in [0.5, 0.6) is 0 Å². The summed E-state index contributed by atoms with van der Waals surface area (Å²) in [6.07, 6.45) is 1.61. The molecule has 4 nitrogen and oxygen atoms in total. The van der Waals surface area contributed by atoms with Gasteiger partial charge < -0.3 is 0 Å². The molecule has 1 aromatic carbocycles. The first-order chi connectivity index (χ1) is 11.6. The summed E-state index contributed by atoms with van der Waals surface area (Å²) in [4.78, 5) is 18.0. The predicted octanol–water partition coefficient (Wildman–Crippen LogP) is 2.79. The van der Waals surface area contributed by atoms with Gasteiger partial charge in [0.05, 0.1) is 0 Å². The molecule has 0 spiro atoms. The van der Waals surface area contributed by atoms with Crippen molar-refractivity contribution < 1.29 is 4.79 Å². The molecule has 0 aliphatic carbocycles. The van der Waals surface area contributed by atoms with Gasteiger partial charge >= 0.3 is 152 Å². The third-order valence-corrected chi connectivity index (χ3v) is 5.18. The van der Waals surface area contributed by atoms with Crippen molar-refractivity contribution in [1.82, 2.24) is 14.6 Å². The molecule has 0 aliphatic heterocycles. The summed E-state index contributed by atoms with van der Waals surface area (Å²) in [7, 11) is 0. The quantitative estimate of drug-likeness (QED) is 0.397. The van der Waals surface area contributed by atoms with Crippen LogP contribution in [0.3, 0.4) is 0 Å². The molecular weight excluding hydrogens is 381 g/mol. The number of benzene rings is 1. The summed E-state index contributed by atoms with van der Waals surface area (Å²) < 4.78 is 2.86. The fraction of sp³-hybridized carbons (Fsp3) is 0.0556. The SMILES string of the molecule is Cc1cc(-c2cccc([As])c2)n2ncc(C(=O)c3cccs3)c2n1. The molecule has 0 saturated carbocycles. The molecule has 0 bridgehead atoms. The van der Waals surface area contributed by atoms with Crippen LogP contribution in [0, 0.1) is 6.92 Å². The number of nitrogens with zero attached hydrogens (tertiary/aromatic N) is 3. The predicted molar refractivity (Wildman–Crippen MR) is 96.3 cm³/mol. The van der Waals surface area contributed by atoms with Crippen molar-refractivity contribution in [3.63, 3.8) is 0 Å². The van der Waals surface area contributed by atoms with Gasteiger partial charge in [0.1, 0.15) is 0 Å². The van der Waals surface area contributed by atoms with Gasteiger partial charge in [-0.05, 0) is 0 Å². The fourth-order valence-electron chi connectivity index (χ4n) is 2.66. The van der Waals surface area contributed by atoms with Gasteiger partial charge in [-0.1, -0.05) is 0 Å². The van der Waals surface area contributed by atoms with Gasteiger partial charge in [0, 0.05) is 0 Å². The van der Waals surface area contributed by atoms with Crippen molar-refractivity contribution in [3.8, 4) is 11.3 Å². The van der Waals surface area contributed by atoms with E-state index in [2.05, 4.69) is 33.0 Å². The molecule has 0 atom stereocenters. The number of thiophene rings is 1. The van der Waals surface area contributed by atoms with E-state index < -0.39 is 0 Å². The topological polar surface area (TPSA) is 47.3 Å². The summed E-state index contributed by atoms with van der Waals surface area (Å²) in [5.74, 6) is -0.0371. The van der Waals surface area contributed by atoms with Gasteiger partial charge in [-0.25, -0.2) is 0 Å². The maximum atomic E-state index is 12.7. The molecule has 4 aromatic rings. The van der Waals surface area contributed by atoms with Gasteiger partial charge in [-0.3, -0.25) is 0 Å². The molecule has 0 N–H and O–H groups in total. The van der Waals surface area contributed by atoms with Crippen LogP contribution in [-0.2, 0) is 0 Å². The average Bonchev–Trinajstić information content (AvgIpc) is 3.23. The molecule has 0 aliphatic rings. The van der Waals surface area contributed by atoms with Crippen LogP contribution >= 0.6 is 11.3 Å². The zero-order valence-corrected chi connectivity index (χ0v) is 15.5. The van der Waals surface area contributed by atoms with Crippen LogP contribution in [0.4, 0.5) is 0 Å². The second kappa shape index (κ2) is 6.00. The van der Waals surface area contributed by atoms with Crippen molar-refractivity contribution >= 4 is 44.0 Å². The van der Waals surface area contributed by atoms with E-state index in [-0.39, 0.29) is 5.78 Å². The van der Waals surface area contributed by atoms with Gasteiger partial charge in [0.15, 0.2) is 0 Å². The van der Waals surface area contributed by atoms with E-state index in [1.807, 2.05) is 48.7 Å². The Hall–Kier alpha value is -2.23. The standard InChI is InChI=1S/C18H12AsN3OS/c1-11-8-15(12-4-2-5-13(19)9-12)22-18(21-11)14(10-20-22)17(23)16-6-3-7-24-16/h2-10H,1H3. The third kappa shape index (κ3) is 2.60. The minimum atomic E-state index is -0.0371. The van der Waals surface area contributed by atoms with Crippen LogP contribution in [0.1, 0.15) is 20.9 Å². The summed E-state index contributed by atoms with van der Waals surface area (Å²) in [6.45, 7) is 1.93. The number of ketones is 1. The normalized spacial score (nSPS) is 11.1.